The SMILES string of the molecule is CCCCCCCCCCCCCCCC(=O)CC(=O)CCCCCC. The number of Topliss-reactive ketones (excluding diaryl/α,β-unsaturated/α-hetero) is 2. The summed E-state index contributed by atoms with van der Waals surface area (Å²) >= 11 is 0. The zero-order chi connectivity index (χ0) is 19.3. The van der Waals surface area contributed by atoms with Gasteiger partial charge in [-0.05, 0) is 12.8 Å². The molecule has 26 heavy (non-hydrogen) atoms. The first-order chi connectivity index (χ1) is 12.7. The van der Waals surface area contributed by atoms with E-state index in [4.69, 9.17) is 0 Å². The van der Waals surface area contributed by atoms with Crippen LogP contribution in [0.4, 0.5) is 0 Å². The van der Waals surface area contributed by atoms with Crippen LogP contribution in [0, 0.1) is 0 Å². The van der Waals surface area contributed by atoms with Gasteiger partial charge in [0, 0.05) is 12.8 Å². The first kappa shape index (κ1) is 25.3. The minimum atomic E-state index is 0.154. The molecule has 0 spiro atoms. The van der Waals surface area contributed by atoms with Crippen molar-refractivity contribution in [2.75, 3.05) is 0 Å². The van der Waals surface area contributed by atoms with Crippen molar-refractivity contribution >= 4 is 11.6 Å². The highest BCUT2D eigenvalue weighted by molar-refractivity contribution is 5.98. The summed E-state index contributed by atoms with van der Waals surface area (Å²) in [6.07, 6.45) is 23.0. The third-order valence-corrected chi connectivity index (χ3v) is 5.26. The lowest BCUT2D eigenvalue weighted by molar-refractivity contribution is -0.127. The molecule has 0 aliphatic carbocycles. The highest BCUT2D eigenvalue weighted by atomic mass is 16.1. The van der Waals surface area contributed by atoms with E-state index in [2.05, 4.69) is 13.8 Å². The van der Waals surface area contributed by atoms with Gasteiger partial charge in [-0.1, -0.05) is 110 Å². The first-order valence-electron chi connectivity index (χ1n) is 11.7. The fourth-order valence-electron chi connectivity index (χ4n) is 3.49. The molecule has 0 amide bonds. The summed E-state index contributed by atoms with van der Waals surface area (Å²) in [6.45, 7) is 4.44. The highest BCUT2D eigenvalue weighted by Crippen LogP contribution is 2.13. The van der Waals surface area contributed by atoms with Crippen LogP contribution < -0.4 is 0 Å². The summed E-state index contributed by atoms with van der Waals surface area (Å²) in [4.78, 5) is 23.6. The van der Waals surface area contributed by atoms with Gasteiger partial charge >= 0.3 is 0 Å². The van der Waals surface area contributed by atoms with Gasteiger partial charge in [0.25, 0.3) is 0 Å². The van der Waals surface area contributed by atoms with E-state index in [1.165, 1.54) is 83.5 Å². The predicted octanol–water partition coefficient (Wildman–Crippen LogP) is 7.97. The molecule has 0 saturated heterocycles. The summed E-state index contributed by atoms with van der Waals surface area (Å²) in [7, 11) is 0. The Morgan fingerprint density at radius 3 is 1.04 bits per heavy atom. The minimum Gasteiger partial charge on any atom is -0.299 e. The van der Waals surface area contributed by atoms with Crippen molar-refractivity contribution in [1.29, 1.82) is 0 Å². The lowest BCUT2D eigenvalue weighted by Crippen LogP contribution is -2.07. The van der Waals surface area contributed by atoms with Crippen molar-refractivity contribution in [2.24, 2.45) is 0 Å². The number of hydrogen-bond acceptors (Lipinski definition) is 2. The molecule has 0 heterocycles. The van der Waals surface area contributed by atoms with Crippen molar-refractivity contribution < 1.29 is 9.59 Å². The van der Waals surface area contributed by atoms with Crippen molar-refractivity contribution in [3.63, 3.8) is 0 Å². The normalized spacial score (nSPS) is 11.0. The molecule has 2 nitrogen and oxygen atoms in total. The second-order valence-corrected chi connectivity index (χ2v) is 8.06. The highest BCUT2D eigenvalue weighted by Gasteiger charge is 2.09. The van der Waals surface area contributed by atoms with Crippen molar-refractivity contribution in [3.05, 3.63) is 0 Å². The third kappa shape index (κ3) is 19.7. The smallest absolute Gasteiger partial charge is 0.140 e. The van der Waals surface area contributed by atoms with E-state index in [1.54, 1.807) is 0 Å². The van der Waals surface area contributed by atoms with Gasteiger partial charge in [-0.2, -0.15) is 0 Å². The van der Waals surface area contributed by atoms with E-state index in [1.807, 2.05) is 0 Å². The van der Waals surface area contributed by atoms with E-state index in [-0.39, 0.29) is 18.0 Å². The molecular weight excluding hydrogens is 320 g/mol. The number of rotatable bonds is 21. The molecule has 0 unspecified atom stereocenters. The second-order valence-electron chi connectivity index (χ2n) is 8.06. The van der Waals surface area contributed by atoms with Gasteiger partial charge in [0.05, 0.1) is 6.42 Å². The maximum atomic E-state index is 11.8. The molecule has 154 valence electrons. The molecule has 2 heteroatoms. The van der Waals surface area contributed by atoms with Crippen molar-refractivity contribution in [3.8, 4) is 0 Å². The molecule has 0 saturated carbocycles. The molecule has 0 aromatic rings. The van der Waals surface area contributed by atoms with Crippen LogP contribution in [0.15, 0.2) is 0 Å². The van der Waals surface area contributed by atoms with Gasteiger partial charge in [0.1, 0.15) is 11.6 Å². The topological polar surface area (TPSA) is 34.1 Å². The number of carbonyl (C=O) groups is 2. The van der Waals surface area contributed by atoms with Crippen LogP contribution in [-0.4, -0.2) is 11.6 Å². The van der Waals surface area contributed by atoms with Crippen LogP contribution >= 0.6 is 0 Å². The lowest BCUT2D eigenvalue weighted by atomic mass is 10.0. The standard InChI is InChI=1S/C24H46O2/c1-3-5-7-9-10-11-12-13-14-15-16-17-19-21-24(26)22-23(25)20-18-8-6-4-2/h3-22H2,1-2H3. The zero-order valence-electron chi connectivity index (χ0n) is 18.0. The Kier molecular flexibility index (Phi) is 20.1. The van der Waals surface area contributed by atoms with Crippen molar-refractivity contribution in [1.82, 2.24) is 0 Å². The summed E-state index contributed by atoms with van der Waals surface area (Å²) in [5.41, 5.74) is 0. The molecule has 0 aliphatic rings. The largest absolute Gasteiger partial charge is 0.299 e. The van der Waals surface area contributed by atoms with E-state index in [0.29, 0.717) is 12.8 Å². The summed E-state index contributed by atoms with van der Waals surface area (Å²) in [6, 6.07) is 0. The van der Waals surface area contributed by atoms with Crippen LogP contribution in [0.5, 0.6) is 0 Å². The molecule has 0 atom stereocenters. The van der Waals surface area contributed by atoms with Gasteiger partial charge in [-0.15, -0.1) is 0 Å². The molecular formula is C24H46O2. The van der Waals surface area contributed by atoms with Gasteiger partial charge in [-0.25, -0.2) is 0 Å². The molecule has 0 fully saturated rings. The number of unbranched alkanes of at least 4 members (excludes halogenated alkanes) is 15. The maximum absolute atomic E-state index is 11.8. The lowest BCUT2D eigenvalue weighted by Gasteiger charge is -2.03. The number of carbonyl (C=O) groups excluding carboxylic acids is 2. The van der Waals surface area contributed by atoms with Crippen molar-refractivity contribution in [2.45, 2.75) is 142 Å². The van der Waals surface area contributed by atoms with Crippen LogP contribution in [0.2, 0.25) is 0 Å². The van der Waals surface area contributed by atoms with Crippen LogP contribution in [-0.2, 0) is 9.59 Å². The Morgan fingerprint density at radius 2 is 0.692 bits per heavy atom. The quantitative estimate of drug-likeness (QED) is 0.152. The molecule has 0 aliphatic heterocycles. The van der Waals surface area contributed by atoms with E-state index in [9.17, 15) is 9.59 Å². The second kappa shape index (κ2) is 20.6. The van der Waals surface area contributed by atoms with E-state index < -0.39 is 0 Å². The van der Waals surface area contributed by atoms with Gasteiger partial charge in [0.2, 0.25) is 0 Å². The Labute approximate surface area is 163 Å². The summed E-state index contributed by atoms with van der Waals surface area (Å²) in [5.74, 6) is 0.314. The van der Waals surface area contributed by atoms with Crippen LogP contribution in [0.1, 0.15) is 142 Å². The van der Waals surface area contributed by atoms with Gasteiger partial charge in [-0.3, -0.25) is 9.59 Å². The van der Waals surface area contributed by atoms with E-state index >= 15 is 0 Å². The molecule has 0 rings (SSSR count). The van der Waals surface area contributed by atoms with Crippen LogP contribution in [0.25, 0.3) is 0 Å². The Hall–Kier alpha value is -0.660. The molecule has 0 radical (unpaired) electrons. The fraction of sp³-hybridized carbons (Fsp3) is 0.917. The minimum absolute atomic E-state index is 0.154. The van der Waals surface area contributed by atoms with Gasteiger partial charge < -0.3 is 0 Å². The average Bonchev–Trinajstić information content (AvgIpc) is 2.62. The molecule has 0 aromatic carbocycles. The van der Waals surface area contributed by atoms with Gasteiger partial charge in [0.15, 0.2) is 0 Å². The van der Waals surface area contributed by atoms with E-state index in [0.717, 1.165) is 25.7 Å². The average molecular weight is 367 g/mol. The molecule has 0 N–H and O–H groups in total. The molecule has 0 aromatic heterocycles. The zero-order valence-corrected chi connectivity index (χ0v) is 18.0. The van der Waals surface area contributed by atoms with Crippen LogP contribution in [0.3, 0.4) is 0 Å². The first-order valence-corrected chi connectivity index (χ1v) is 11.7. The maximum Gasteiger partial charge on any atom is 0.140 e. The fourth-order valence-corrected chi connectivity index (χ4v) is 3.49. The summed E-state index contributed by atoms with van der Waals surface area (Å²) in [5, 5.41) is 0. The number of ketones is 2. The Bertz CT molecular complexity index is 322. The third-order valence-electron chi connectivity index (χ3n) is 5.26. The predicted molar refractivity (Wildman–Crippen MR) is 114 cm³/mol. The monoisotopic (exact) mass is 366 g/mol. The Balaban J connectivity index is 3.26. The Morgan fingerprint density at radius 1 is 0.423 bits per heavy atom. The number of hydrogen-bond donors (Lipinski definition) is 0. The molecule has 0 bridgehead atoms. The summed E-state index contributed by atoms with van der Waals surface area (Å²) < 4.78 is 0.